The normalized spacial score (nSPS) is 11.2. The summed E-state index contributed by atoms with van der Waals surface area (Å²) in [6.45, 7) is 1.88. The first-order valence-electron chi connectivity index (χ1n) is 6.38. The summed E-state index contributed by atoms with van der Waals surface area (Å²) >= 11 is 0. The molecule has 0 radical (unpaired) electrons. The van der Waals surface area contributed by atoms with E-state index in [4.69, 9.17) is 10.9 Å². The van der Waals surface area contributed by atoms with Crippen LogP contribution in [-0.2, 0) is 11.2 Å². The van der Waals surface area contributed by atoms with Crippen molar-refractivity contribution in [2.24, 2.45) is 10.9 Å². The Kier molecular flexibility index (Phi) is 4.50. The van der Waals surface area contributed by atoms with Crippen molar-refractivity contribution in [2.45, 2.75) is 13.3 Å². The number of oxime groups is 1. The van der Waals surface area contributed by atoms with E-state index in [0.717, 1.165) is 11.3 Å². The molecule has 2 rings (SSSR count). The fraction of sp³-hybridized carbons (Fsp3) is 0.133. The highest BCUT2D eigenvalue weighted by molar-refractivity contribution is 5.97. The van der Waals surface area contributed by atoms with Gasteiger partial charge in [0.2, 0.25) is 5.91 Å². The number of carbonyl (C=O) groups is 1. The Bertz CT molecular complexity index is 648. The topological polar surface area (TPSA) is 101 Å². The van der Waals surface area contributed by atoms with E-state index in [0.29, 0.717) is 11.3 Å². The number of aromatic nitrogens is 1. The van der Waals surface area contributed by atoms with Gasteiger partial charge in [0, 0.05) is 11.3 Å². The summed E-state index contributed by atoms with van der Waals surface area (Å²) < 4.78 is 0. The van der Waals surface area contributed by atoms with Crippen LogP contribution in [0.25, 0.3) is 0 Å². The number of aryl methyl sites for hydroxylation is 1. The van der Waals surface area contributed by atoms with E-state index >= 15 is 0 Å². The molecule has 1 heterocycles. The third kappa shape index (κ3) is 4.04. The van der Waals surface area contributed by atoms with Crippen molar-refractivity contribution >= 4 is 17.4 Å². The molecule has 6 heteroatoms. The van der Waals surface area contributed by atoms with Crippen molar-refractivity contribution in [1.29, 1.82) is 0 Å². The molecular formula is C15H16N4O2. The quantitative estimate of drug-likeness (QED) is 0.344. The predicted molar refractivity (Wildman–Crippen MR) is 80.3 cm³/mol. The third-order valence-electron chi connectivity index (χ3n) is 2.92. The van der Waals surface area contributed by atoms with Crippen molar-refractivity contribution in [3.05, 3.63) is 59.4 Å². The predicted octanol–water partition coefficient (Wildman–Crippen LogP) is 1.67. The second-order valence-corrected chi connectivity index (χ2v) is 4.60. The number of pyridine rings is 1. The third-order valence-corrected chi connectivity index (χ3v) is 2.92. The smallest absolute Gasteiger partial charge is 0.228 e. The van der Waals surface area contributed by atoms with E-state index in [2.05, 4.69) is 15.5 Å². The van der Waals surface area contributed by atoms with Gasteiger partial charge in [-0.1, -0.05) is 29.4 Å². The van der Waals surface area contributed by atoms with Gasteiger partial charge in [0.25, 0.3) is 0 Å². The van der Waals surface area contributed by atoms with E-state index in [1.807, 2.05) is 19.1 Å². The van der Waals surface area contributed by atoms with Crippen LogP contribution in [0.1, 0.15) is 16.8 Å². The van der Waals surface area contributed by atoms with E-state index in [9.17, 15) is 4.79 Å². The summed E-state index contributed by atoms with van der Waals surface area (Å²) in [4.78, 5) is 16.0. The van der Waals surface area contributed by atoms with E-state index in [1.54, 1.807) is 30.5 Å². The summed E-state index contributed by atoms with van der Waals surface area (Å²) in [7, 11) is 0. The first-order valence-corrected chi connectivity index (χ1v) is 6.38. The lowest BCUT2D eigenvalue weighted by Crippen LogP contribution is -2.15. The molecule has 4 N–H and O–H groups in total. The van der Waals surface area contributed by atoms with Crippen LogP contribution in [-0.4, -0.2) is 21.9 Å². The van der Waals surface area contributed by atoms with E-state index < -0.39 is 0 Å². The molecule has 0 saturated heterocycles. The Hall–Kier alpha value is -2.89. The Balaban J connectivity index is 1.98. The number of benzene rings is 1. The van der Waals surface area contributed by atoms with Crippen molar-refractivity contribution in [3.63, 3.8) is 0 Å². The standard InChI is InChI=1S/C15H16N4O2/c1-10-2-7-13(9-17-10)18-14(20)8-11-3-5-12(6-4-11)15(16)19-21/h2-7,9,21H,8H2,1H3,(H2,16,19)(H,18,20). The number of rotatable bonds is 4. The molecule has 0 spiro atoms. The Morgan fingerprint density at radius 3 is 2.57 bits per heavy atom. The monoisotopic (exact) mass is 284 g/mol. The maximum Gasteiger partial charge on any atom is 0.228 e. The van der Waals surface area contributed by atoms with Gasteiger partial charge in [-0.25, -0.2) is 0 Å². The average Bonchev–Trinajstić information content (AvgIpc) is 2.49. The van der Waals surface area contributed by atoms with Gasteiger partial charge in [-0.05, 0) is 24.6 Å². The summed E-state index contributed by atoms with van der Waals surface area (Å²) in [6.07, 6.45) is 1.86. The molecule has 108 valence electrons. The first kappa shape index (κ1) is 14.5. The van der Waals surface area contributed by atoms with Crippen LogP contribution in [0, 0.1) is 6.92 Å². The molecular weight excluding hydrogens is 268 g/mol. The maximum atomic E-state index is 11.9. The Labute approximate surface area is 122 Å². The largest absolute Gasteiger partial charge is 0.409 e. The molecule has 0 aliphatic rings. The maximum absolute atomic E-state index is 11.9. The number of nitrogens with zero attached hydrogens (tertiary/aromatic N) is 2. The molecule has 6 nitrogen and oxygen atoms in total. The molecule has 0 bridgehead atoms. The summed E-state index contributed by atoms with van der Waals surface area (Å²) in [5.74, 6) is -0.0890. The molecule has 0 unspecified atom stereocenters. The van der Waals surface area contributed by atoms with Gasteiger partial charge in [0.1, 0.15) is 0 Å². The van der Waals surface area contributed by atoms with Gasteiger partial charge in [0.05, 0.1) is 18.3 Å². The molecule has 1 aromatic heterocycles. The molecule has 1 amide bonds. The van der Waals surface area contributed by atoms with Crippen LogP contribution >= 0.6 is 0 Å². The van der Waals surface area contributed by atoms with Crippen LogP contribution in [0.4, 0.5) is 5.69 Å². The number of carbonyl (C=O) groups excluding carboxylic acids is 1. The number of nitrogens with one attached hydrogen (secondary N) is 1. The zero-order chi connectivity index (χ0) is 15.2. The van der Waals surface area contributed by atoms with E-state index in [1.165, 1.54) is 0 Å². The lowest BCUT2D eigenvalue weighted by Gasteiger charge is -2.06. The van der Waals surface area contributed by atoms with Crippen molar-refractivity contribution in [1.82, 2.24) is 4.98 Å². The molecule has 0 saturated carbocycles. The number of hydrogen-bond acceptors (Lipinski definition) is 4. The Morgan fingerprint density at radius 2 is 2.00 bits per heavy atom. The van der Waals surface area contributed by atoms with Gasteiger partial charge >= 0.3 is 0 Å². The fourth-order valence-corrected chi connectivity index (χ4v) is 1.78. The van der Waals surface area contributed by atoms with Crippen LogP contribution in [0.5, 0.6) is 0 Å². The summed E-state index contributed by atoms with van der Waals surface area (Å²) in [5, 5.41) is 14.3. The van der Waals surface area contributed by atoms with Gasteiger partial charge in [-0.15, -0.1) is 0 Å². The average molecular weight is 284 g/mol. The number of hydrogen-bond donors (Lipinski definition) is 3. The van der Waals surface area contributed by atoms with Gasteiger partial charge in [0.15, 0.2) is 5.84 Å². The molecule has 1 aromatic carbocycles. The summed E-state index contributed by atoms with van der Waals surface area (Å²) in [5.41, 5.74) is 8.47. The minimum atomic E-state index is -0.128. The van der Waals surface area contributed by atoms with Crippen LogP contribution in [0.15, 0.2) is 47.8 Å². The van der Waals surface area contributed by atoms with Crippen LogP contribution in [0.2, 0.25) is 0 Å². The lowest BCUT2D eigenvalue weighted by atomic mass is 10.1. The number of amides is 1. The minimum absolute atomic E-state index is 0.0386. The zero-order valence-corrected chi connectivity index (χ0v) is 11.6. The van der Waals surface area contributed by atoms with Gasteiger partial charge in [-0.3, -0.25) is 9.78 Å². The molecule has 0 aliphatic heterocycles. The SMILES string of the molecule is Cc1ccc(NC(=O)Cc2ccc(/C(N)=N/O)cc2)cn1. The van der Waals surface area contributed by atoms with E-state index in [-0.39, 0.29) is 18.2 Å². The first-order chi connectivity index (χ1) is 10.1. The zero-order valence-electron chi connectivity index (χ0n) is 11.6. The minimum Gasteiger partial charge on any atom is -0.409 e. The highest BCUT2D eigenvalue weighted by Gasteiger charge is 2.05. The van der Waals surface area contributed by atoms with Crippen molar-refractivity contribution in [3.8, 4) is 0 Å². The highest BCUT2D eigenvalue weighted by atomic mass is 16.4. The van der Waals surface area contributed by atoms with Crippen LogP contribution in [0.3, 0.4) is 0 Å². The van der Waals surface area contributed by atoms with Gasteiger partial charge in [-0.2, -0.15) is 0 Å². The van der Waals surface area contributed by atoms with Crippen molar-refractivity contribution in [2.75, 3.05) is 5.32 Å². The fourth-order valence-electron chi connectivity index (χ4n) is 1.78. The number of amidine groups is 1. The molecule has 0 aliphatic carbocycles. The Morgan fingerprint density at radius 1 is 1.29 bits per heavy atom. The molecule has 2 aromatic rings. The van der Waals surface area contributed by atoms with Crippen molar-refractivity contribution < 1.29 is 10.0 Å². The number of anilines is 1. The van der Waals surface area contributed by atoms with Gasteiger partial charge < -0.3 is 16.3 Å². The highest BCUT2D eigenvalue weighted by Crippen LogP contribution is 2.09. The second kappa shape index (κ2) is 6.51. The van der Waals surface area contributed by atoms with Crippen LogP contribution < -0.4 is 11.1 Å². The second-order valence-electron chi connectivity index (χ2n) is 4.60. The molecule has 0 fully saturated rings. The number of nitrogens with two attached hydrogens (primary N) is 1. The summed E-state index contributed by atoms with van der Waals surface area (Å²) in [6, 6.07) is 10.6. The molecule has 0 atom stereocenters. The molecule has 21 heavy (non-hydrogen) atoms. The lowest BCUT2D eigenvalue weighted by molar-refractivity contribution is -0.115.